The van der Waals surface area contributed by atoms with Gasteiger partial charge in [0.25, 0.3) is 5.91 Å². The molecule has 0 radical (unpaired) electrons. The van der Waals surface area contributed by atoms with E-state index in [1.54, 1.807) is 30.3 Å². The van der Waals surface area contributed by atoms with E-state index in [4.69, 9.17) is 15.2 Å². The van der Waals surface area contributed by atoms with E-state index in [9.17, 15) is 22.8 Å². The van der Waals surface area contributed by atoms with Gasteiger partial charge in [-0.05, 0) is 42.3 Å². The minimum atomic E-state index is -4.45. The number of alkyl halides is 3. The minimum Gasteiger partial charge on any atom is -0.460 e. The minimum absolute atomic E-state index is 0.0185. The van der Waals surface area contributed by atoms with Crippen molar-refractivity contribution in [3.8, 4) is 11.8 Å². The summed E-state index contributed by atoms with van der Waals surface area (Å²) in [5.41, 5.74) is 5.10. The third-order valence-corrected chi connectivity index (χ3v) is 4.11. The molecule has 0 spiro atoms. The first-order valence-electron chi connectivity index (χ1n) is 9.48. The number of primary amides is 1. The van der Waals surface area contributed by atoms with Crippen molar-refractivity contribution in [1.29, 1.82) is 0 Å². The van der Waals surface area contributed by atoms with Gasteiger partial charge in [0.1, 0.15) is 13.3 Å². The van der Waals surface area contributed by atoms with E-state index >= 15 is 0 Å². The van der Waals surface area contributed by atoms with Crippen molar-refractivity contribution in [3.05, 3.63) is 82.9 Å². The van der Waals surface area contributed by atoms with Crippen molar-refractivity contribution in [2.75, 3.05) is 13.2 Å². The van der Waals surface area contributed by atoms with Crippen molar-refractivity contribution in [2.45, 2.75) is 12.9 Å². The topological polar surface area (TPSA) is 109 Å². The average molecular weight is 458 g/mol. The van der Waals surface area contributed by atoms with Gasteiger partial charge in [-0.1, -0.05) is 24.1 Å². The van der Waals surface area contributed by atoms with E-state index in [0.717, 1.165) is 16.8 Å². The lowest BCUT2D eigenvalue weighted by atomic mass is 10.1. The van der Waals surface area contributed by atoms with E-state index in [2.05, 4.69) is 21.9 Å². The van der Waals surface area contributed by atoms with Crippen LogP contribution in [-0.2, 0) is 22.4 Å². The number of ether oxygens (including phenoxy) is 2. The summed E-state index contributed by atoms with van der Waals surface area (Å²) in [6, 6.07) is 12.7. The van der Waals surface area contributed by atoms with Gasteiger partial charge in [-0.3, -0.25) is 4.79 Å². The Morgan fingerprint density at radius 3 is 2.33 bits per heavy atom. The normalized spacial score (nSPS) is 10.9. The predicted molar refractivity (Wildman–Crippen MR) is 109 cm³/mol. The Morgan fingerprint density at radius 2 is 1.70 bits per heavy atom. The molecule has 0 aliphatic heterocycles. The second-order valence-corrected chi connectivity index (χ2v) is 6.49. The zero-order chi connectivity index (χ0) is 23.8. The molecule has 2 aromatic carbocycles. The molecule has 0 unspecified atom stereocenters. The lowest BCUT2D eigenvalue weighted by Crippen LogP contribution is -2.15. The number of nitrogens with zero attached hydrogens (tertiary/aromatic N) is 3. The fourth-order valence-corrected chi connectivity index (χ4v) is 2.50. The number of halogens is 3. The Labute approximate surface area is 186 Å². The fourth-order valence-electron chi connectivity index (χ4n) is 2.50. The van der Waals surface area contributed by atoms with Crippen LogP contribution in [0.2, 0.25) is 0 Å². The maximum Gasteiger partial charge on any atom is 0.416 e. The van der Waals surface area contributed by atoms with Gasteiger partial charge in [-0.25, -0.2) is 9.48 Å². The fraction of sp³-hybridized carbons (Fsp3) is 0.182. The summed E-state index contributed by atoms with van der Waals surface area (Å²) >= 11 is 0. The van der Waals surface area contributed by atoms with Crippen molar-refractivity contribution in [1.82, 2.24) is 14.8 Å². The largest absolute Gasteiger partial charge is 0.460 e. The van der Waals surface area contributed by atoms with Gasteiger partial charge in [-0.15, -0.1) is 5.10 Å². The standard InChI is InChI=1S/C22H17F3N4O4/c23-22(24,25)17-9-6-15(7-10-17)8-11-18-27-20(19(26)30)28-29(18)14-32-12-13-33-21(31)16-4-2-1-3-5-16/h1-7,9-10H,12-14H2,(H2,26,30). The molecule has 11 heteroatoms. The van der Waals surface area contributed by atoms with Crippen molar-refractivity contribution in [3.63, 3.8) is 0 Å². The molecule has 3 rings (SSSR count). The van der Waals surface area contributed by atoms with Crippen LogP contribution in [-0.4, -0.2) is 39.9 Å². The molecule has 8 nitrogen and oxygen atoms in total. The number of aromatic nitrogens is 3. The molecule has 0 aliphatic carbocycles. The van der Waals surface area contributed by atoms with E-state index in [1.165, 1.54) is 12.1 Å². The lowest BCUT2D eigenvalue weighted by Gasteiger charge is -2.06. The Kier molecular flexibility index (Phi) is 7.42. The Morgan fingerprint density at radius 1 is 1.00 bits per heavy atom. The molecule has 0 aliphatic rings. The van der Waals surface area contributed by atoms with Crippen LogP contribution in [0.5, 0.6) is 0 Å². The Bertz CT molecular complexity index is 1180. The van der Waals surface area contributed by atoms with E-state index < -0.39 is 23.6 Å². The second kappa shape index (κ2) is 10.4. The van der Waals surface area contributed by atoms with E-state index in [0.29, 0.717) is 11.1 Å². The van der Waals surface area contributed by atoms with Gasteiger partial charge >= 0.3 is 12.1 Å². The number of benzene rings is 2. The molecule has 0 fully saturated rings. The summed E-state index contributed by atoms with van der Waals surface area (Å²) in [6.07, 6.45) is -4.45. The molecule has 1 amide bonds. The number of hydrogen-bond acceptors (Lipinski definition) is 6. The highest BCUT2D eigenvalue weighted by Crippen LogP contribution is 2.28. The van der Waals surface area contributed by atoms with E-state index in [1.807, 2.05) is 0 Å². The zero-order valence-corrected chi connectivity index (χ0v) is 17.0. The number of esters is 1. The van der Waals surface area contributed by atoms with Gasteiger partial charge in [0.15, 0.2) is 0 Å². The van der Waals surface area contributed by atoms with Gasteiger partial charge in [0, 0.05) is 5.56 Å². The van der Waals surface area contributed by atoms with Crippen LogP contribution in [0.1, 0.15) is 37.9 Å². The van der Waals surface area contributed by atoms with Gasteiger partial charge in [0.05, 0.1) is 17.7 Å². The quantitative estimate of drug-likeness (QED) is 0.331. The summed E-state index contributed by atoms with van der Waals surface area (Å²) in [7, 11) is 0. The summed E-state index contributed by atoms with van der Waals surface area (Å²) in [4.78, 5) is 27.2. The SMILES string of the molecule is NC(=O)c1nc(C#Cc2ccc(C(F)(F)F)cc2)n(COCCOC(=O)c2ccccc2)n1. The molecule has 2 N–H and O–H groups in total. The molecule has 170 valence electrons. The van der Waals surface area contributed by atoms with Gasteiger partial charge < -0.3 is 15.2 Å². The van der Waals surface area contributed by atoms with Gasteiger partial charge in [-0.2, -0.15) is 18.2 Å². The first-order valence-corrected chi connectivity index (χ1v) is 9.48. The summed E-state index contributed by atoms with van der Waals surface area (Å²) in [5.74, 6) is 3.61. The molecule has 1 aromatic heterocycles. The molecule has 1 heterocycles. The predicted octanol–water partition coefficient (Wildman–Crippen LogP) is 2.63. The molecule has 0 saturated carbocycles. The van der Waals surface area contributed by atoms with Crippen molar-refractivity contribution < 1.29 is 32.2 Å². The Hall–Kier alpha value is -4.17. The molecular formula is C22H17F3N4O4. The van der Waals surface area contributed by atoms with Gasteiger partial charge in [0.2, 0.25) is 11.6 Å². The number of nitrogens with two attached hydrogens (primary N) is 1. The highest BCUT2D eigenvalue weighted by molar-refractivity contribution is 5.89. The molecule has 33 heavy (non-hydrogen) atoms. The van der Waals surface area contributed by atoms with Crippen LogP contribution in [0, 0.1) is 11.8 Å². The van der Waals surface area contributed by atoms with Crippen LogP contribution >= 0.6 is 0 Å². The first-order chi connectivity index (χ1) is 15.7. The van der Waals surface area contributed by atoms with Crippen molar-refractivity contribution in [2.24, 2.45) is 5.73 Å². The highest BCUT2D eigenvalue weighted by Gasteiger charge is 2.29. The van der Waals surface area contributed by atoms with Crippen LogP contribution in [0.15, 0.2) is 54.6 Å². The molecular weight excluding hydrogens is 441 g/mol. The number of rotatable bonds is 7. The van der Waals surface area contributed by atoms with Crippen LogP contribution in [0.25, 0.3) is 0 Å². The number of carbonyl (C=O) groups is 2. The number of carbonyl (C=O) groups excluding carboxylic acids is 2. The lowest BCUT2D eigenvalue weighted by molar-refractivity contribution is -0.137. The zero-order valence-electron chi connectivity index (χ0n) is 17.0. The third kappa shape index (κ3) is 6.65. The number of amides is 1. The smallest absolute Gasteiger partial charge is 0.416 e. The van der Waals surface area contributed by atoms with Crippen LogP contribution in [0.3, 0.4) is 0 Å². The molecule has 0 saturated heterocycles. The first kappa shape index (κ1) is 23.5. The van der Waals surface area contributed by atoms with Crippen molar-refractivity contribution >= 4 is 11.9 Å². The highest BCUT2D eigenvalue weighted by atomic mass is 19.4. The third-order valence-electron chi connectivity index (χ3n) is 4.11. The van der Waals surface area contributed by atoms with Crippen LogP contribution in [0.4, 0.5) is 13.2 Å². The maximum absolute atomic E-state index is 12.7. The molecule has 0 bridgehead atoms. The summed E-state index contributed by atoms with van der Waals surface area (Å²) in [5, 5.41) is 3.90. The monoisotopic (exact) mass is 458 g/mol. The number of hydrogen-bond donors (Lipinski definition) is 1. The van der Waals surface area contributed by atoms with E-state index in [-0.39, 0.29) is 31.6 Å². The molecule has 3 aromatic rings. The van der Waals surface area contributed by atoms with Crippen LogP contribution < -0.4 is 5.73 Å². The molecule has 0 atom stereocenters. The second-order valence-electron chi connectivity index (χ2n) is 6.49. The summed E-state index contributed by atoms with van der Waals surface area (Å²) < 4.78 is 49.6. The Balaban J connectivity index is 1.61. The summed E-state index contributed by atoms with van der Waals surface area (Å²) in [6.45, 7) is -0.187. The maximum atomic E-state index is 12.7. The average Bonchev–Trinajstić information content (AvgIpc) is 3.21.